The predicted molar refractivity (Wildman–Crippen MR) is 87.4 cm³/mol. The highest BCUT2D eigenvalue weighted by molar-refractivity contribution is 8.00. The van der Waals surface area contributed by atoms with Gasteiger partial charge in [0.1, 0.15) is 5.78 Å². The van der Waals surface area contributed by atoms with Gasteiger partial charge in [-0.15, -0.1) is 0 Å². The molecule has 6 rings (SSSR count). The molecule has 1 nitrogen and oxygen atoms in total. The van der Waals surface area contributed by atoms with Crippen LogP contribution in [0.15, 0.2) is 0 Å². The second-order valence-corrected chi connectivity index (χ2v) is 10.6. The molecular formula is C19H28OS. The minimum Gasteiger partial charge on any atom is -0.299 e. The van der Waals surface area contributed by atoms with Gasteiger partial charge in [-0.25, -0.2) is 0 Å². The van der Waals surface area contributed by atoms with Crippen molar-refractivity contribution in [3.63, 3.8) is 0 Å². The molecule has 2 unspecified atom stereocenters. The third-order valence-corrected chi connectivity index (χ3v) is 9.09. The first-order valence-corrected chi connectivity index (χ1v) is 10.3. The van der Waals surface area contributed by atoms with Gasteiger partial charge in [0, 0.05) is 21.8 Å². The monoisotopic (exact) mass is 304 g/mol. The van der Waals surface area contributed by atoms with E-state index in [2.05, 4.69) is 11.8 Å². The SMILES string of the molecule is O=C(C1CC2CCCC(C1)S2)C12CC3CC(CC(C3)C1)C2. The molecule has 6 aliphatic rings. The van der Waals surface area contributed by atoms with Crippen LogP contribution in [-0.4, -0.2) is 16.3 Å². The molecule has 2 aliphatic heterocycles. The summed E-state index contributed by atoms with van der Waals surface area (Å²) >= 11 is 2.22. The second-order valence-electron chi connectivity index (χ2n) is 9.04. The van der Waals surface area contributed by atoms with Crippen LogP contribution >= 0.6 is 11.8 Å². The van der Waals surface area contributed by atoms with Crippen LogP contribution in [0.3, 0.4) is 0 Å². The Hall–Kier alpha value is 0.0200. The Morgan fingerprint density at radius 1 is 0.810 bits per heavy atom. The lowest BCUT2D eigenvalue weighted by Gasteiger charge is -2.57. The number of Topliss-reactive ketones (excluding diaryl/α,β-unsaturated/α-hetero) is 1. The van der Waals surface area contributed by atoms with E-state index in [4.69, 9.17) is 0 Å². The zero-order valence-corrected chi connectivity index (χ0v) is 13.9. The van der Waals surface area contributed by atoms with Crippen molar-refractivity contribution in [2.24, 2.45) is 29.1 Å². The third-order valence-electron chi connectivity index (χ3n) is 7.46. The summed E-state index contributed by atoms with van der Waals surface area (Å²) in [5.41, 5.74) is 0.162. The maximum Gasteiger partial charge on any atom is 0.142 e. The van der Waals surface area contributed by atoms with Gasteiger partial charge in [0.05, 0.1) is 0 Å². The summed E-state index contributed by atoms with van der Waals surface area (Å²) in [5.74, 6) is 3.93. The van der Waals surface area contributed by atoms with E-state index in [1.54, 1.807) is 0 Å². The van der Waals surface area contributed by atoms with Crippen LogP contribution in [0.5, 0.6) is 0 Å². The second kappa shape index (κ2) is 4.76. The predicted octanol–water partition coefficient (Wildman–Crippen LogP) is 4.84. The molecule has 0 N–H and O–H groups in total. The van der Waals surface area contributed by atoms with Crippen LogP contribution in [-0.2, 0) is 4.79 Å². The Balaban J connectivity index is 1.38. The lowest BCUT2D eigenvalue weighted by Crippen LogP contribution is -2.52. The number of fused-ring (bicyclic) bond motifs is 2. The molecule has 0 aromatic carbocycles. The van der Waals surface area contributed by atoms with Gasteiger partial charge in [-0.3, -0.25) is 4.79 Å². The molecule has 4 aliphatic carbocycles. The molecule has 2 atom stereocenters. The first-order chi connectivity index (χ1) is 10.2. The summed E-state index contributed by atoms with van der Waals surface area (Å²) in [6.45, 7) is 0. The Kier molecular flexibility index (Phi) is 3.05. The number of carbonyl (C=O) groups is 1. The maximum absolute atomic E-state index is 13.5. The first kappa shape index (κ1) is 13.5. The van der Waals surface area contributed by atoms with Crippen molar-refractivity contribution in [3.8, 4) is 0 Å². The average molecular weight is 304 g/mol. The Morgan fingerprint density at radius 2 is 1.33 bits per heavy atom. The van der Waals surface area contributed by atoms with E-state index in [1.807, 2.05) is 0 Å². The highest BCUT2D eigenvalue weighted by Gasteiger charge is 2.56. The van der Waals surface area contributed by atoms with Crippen molar-refractivity contribution in [2.45, 2.75) is 81.1 Å². The molecule has 0 amide bonds. The number of rotatable bonds is 2. The Labute approximate surface area is 133 Å². The summed E-state index contributed by atoms with van der Waals surface area (Å²) in [5, 5.41) is 1.64. The zero-order valence-electron chi connectivity index (χ0n) is 13.1. The topological polar surface area (TPSA) is 17.1 Å². The van der Waals surface area contributed by atoms with Crippen molar-refractivity contribution >= 4 is 17.5 Å². The van der Waals surface area contributed by atoms with Crippen molar-refractivity contribution in [1.29, 1.82) is 0 Å². The summed E-state index contributed by atoms with van der Waals surface area (Å²) in [7, 11) is 0. The van der Waals surface area contributed by atoms with Gasteiger partial charge in [-0.2, -0.15) is 11.8 Å². The van der Waals surface area contributed by atoms with Gasteiger partial charge in [0.2, 0.25) is 0 Å². The average Bonchev–Trinajstić information content (AvgIpc) is 2.44. The molecule has 2 heteroatoms. The normalized spacial score (nSPS) is 54.7. The molecule has 6 fully saturated rings. The number of carbonyl (C=O) groups excluding carboxylic acids is 1. The summed E-state index contributed by atoms with van der Waals surface area (Å²) in [4.78, 5) is 13.5. The van der Waals surface area contributed by atoms with Crippen molar-refractivity contribution in [1.82, 2.24) is 0 Å². The minimum atomic E-state index is 0.162. The quantitative estimate of drug-likeness (QED) is 0.726. The minimum absolute atomic E-state index is 0.162. The standard InChI is InChI=1S/C19H28OS/c20-18(15-7-16-2-1-3-17(8-15)21-16)19-9-12-4-13(10-19)6-14(5-12)11-19/h12-17H,1-11H2. The number of ketones is 1. The van der Waals surface area contributed by atoms with E-state index in [0.29, 0.717) is 5.92 Å². The van der Waals surface area contributed by atoms with Crippen LogP contribution in [0.1, 0.15) is 70.6 Å². The van der Waals surface area contributed by atoms with E-state index in [-0.39, 0.29) is 5.41 Å². The van der Waals surface area contributed by atoms with E-state index >= 15 is 0 Å². The molecular weight excluding hydrogens is 276 g/mol. The maximum atomic E-state index is 13.5. The van der Waals surface area contributed by atoms with E-state index in [9.17, 15) is 4.79 Å². The van der Waals surface area contributed by atoms with E-state index in [1.165, 1.54) is 70.6 Å². The van der Waals surface area contributed by atoms with Crippen molar-refractivity contribution < 1.29 is 4.79 Å². The molecule has 0 aromatic heterocycles. The van der Waals surface area contributed by atoms with Gasteiger partial charge >= 0.3 is 0 Å². The van der Waals surface area contributed by atoms with E-state index in [0.717, 1.165) is 34.0 Å². The highest BCUT2D eigenvalue weighted by Crippen LogP contribution is 2.61. The van der Waals surface area contributed by atoms with Gasteiger partial charge in [0.15, 0.2) is 0 Å². The van der Waals surface area contributed by atoms with Crippen LogP contribution in [0.25, 0.3) is 0 Å². The third kappa shape index (κ3) is 2.15. The van der Waals surface area contributed by atoms with Crippen molar-refractivity contribution in [3.05, 3.63) is 0 Å². The lowest BCUT2D eigenvalue weighted by atomic mass is 9.47. The Morgan fingerprint density at radius 3 is 1.86 bits per heavy atom. The Bertz CT molecular complexity index is 409. The summed E-state index contributed by atoms with van der Waals surface area (Å²) in [6.07, 6.45) is 14.8. The molecule has 0 spiro atoms. The molecule has 2 saturated heterocycles. The molecule has 21 heavy (non-hydrogen) atoms. The van der Waals surface area contributed by atoms with Gasteiger partial charge in [-0.1, -0.05) is 6.42 Å². The molecule has 0 radical (unpaired) electrons. The smallest absolute Gasteiger partial charge is 0.142 e. The fourth-order valence-corrected chi connectivity index (χ4v) is 8.96. The van der Waals surface area contributed by atoms with Gasteiger partial charge in [-0.05, 0) is 82.0 Å². The number of hydrogen-bond donors (Lipinski definition) is 0. The van der Waals surface area contributed by atoms with Crippen molar-refractivity contribution in [2.75, 3.05) is 0 Å². The van der Waals surface area contributed by atoms with Crippen LogP contribution in [0, 0.1) is 29.1 Å². The highest BCUT2D eigenvalue weighted by atomic mass is 32.2. The van der Waals surface area contributed by atoms with Crippen LogP contribution in [0.4, 0.5) is 0 Å². The fraction of sp³-hybridized carbons (Fsp3) is 0.947. The summed E-state index contributed by atoms with van der Waals surface area (Å²) < 4.78 is 0. The van der Waals surface area contributed by atoms with Crippen LogP contribution in [0.2, 0.25) is 0 Å². The molecule has 116 valence electrons. The zero-order chi connectivity index (χ0) is 14.0. The fourth-order valence-electron chi connectivity index (χ4n) is 7.12. The molecule has 2 heterocycles. The number of thioether (sulfide) groups is 1. The van der Waals surface area contributed by atoms with Gasteiger partial charge < -0.3 is 0 Å². The largest absolute Gasteiger partial charge is 0.299 e. The molecule has 0 aromatic rings. The summed E-state index contributed by atoms with van der Waals surface area (Å²) in [6, 6.07) is 0. The van der Waals surface area contributed by atoms with Crippen LogP contribution < -0.4 is 0 Å². The molecule has 4 saturated carbocycles. The molecule has 6 bridgehead atoms. The van der Waals surface area contributed by atoms with Gasteiger partial charge in [0.25, 0.3) is 0 Å². The van der Waals surface area contributed by atoms with E-state index < -0.39 is 0 Å². The first-order valence-electron chi connectivity index (χ1n) is 9.40. The number of hydrogen-bond acceptors (Lipinski definition) is 2. The lowest BCUT2D eigenvalue weighted by molar-refractivity contribution is -0.148.